The molecule has 0 spiro atoms. The van der Waals surface area contributed by atoms with Gasteiger partial charge in [0, 0.05) is 22.8 Å². The van der Waals surface area contributed by atoms with Crippen LogP contribution in [0.15, 0.2) is 95.5 Å². The van der Waals surface area contributed by atoms with Gasteiger partial charge in [-0.15, -0.1) is 0 Å². The van der Waals surface area contributed by atoms with Crippen molar-refractivity contribution in [2.45, 2.75) is 32.1 Å². The quantitative estimate of drug-likeness (QED) is 0.266. The van der Waals surface area contributed by atoms with Crippen molar-refractivity contribution in [1.82, 2.24) is 0 Å². The number of rotatable bonds is 8. The Labute approximate surface area is 253 Å². The summed E-state index contributed by atoms with van der Waals surface area (Å²) in [5.74, 6) is -6.95. The molecule has 0 aromatic heterocycles. The fourth-order valence-corrected chi connectivity index (χ4v) is 6.05. The number of ether oxygens (including phenoxy) is 3. The van der Waals surface area contributed by atoms with E-state index >= 15 is 8.78 Å². The Balaban J connectivity index is 1.85. The molecule has 8 nitrogen and oxygen atoms in total. The minimum atomic E-state index is -1.36. The van der Waals surface area contributed by atoms with Gasteiger partial charge in [-0.25, -0.2) is 13.6 Å². The molecule has 0 saturated carbocycles. The van der Waals surface area contributed by atoms with E-state index in [1.54, 1.807) is 50.2 Å². The topological polar surface area (TPSA) is 108 Å². The lowest BCUT2D eigenvalue weighted by atomic mass is 9.66. The summed E-state index contributed by atoms with van der Waals surface area (Å²) < 4.78 is 47.2. The average Bonchev–Trinajstić information content (AvgIpc) is 3.01. The van der Waals surface area contributed by atoms with E-state index in [1.807, 2.05) is 0 Å². The molecule has 3 atom stereocenters. The zero-order valence-corrected chi connectivity index (χ0v) is 24.5. The van der Waals surface area contributed by atoms with Gasteiger partial charge in [0.1, 0.15) is 29.1 Å². The molecule has 0 fully saturated rings. The number of hydrogen-bond acceptors (Lipinski definition) is 8. The molecule has 1 heterocycles. The Morgan fingerprint density at radius 1 is 0.932 bits per heavy atom. The highest BCUT2D eigenvalue weighted by atomic mass is 19.1. The average molecular weight is 603 g/mol. The number of anilines is 1. The lowest BCUT2D eigenvalue weighted by molar-refractivity contribution is -0.152. The van der Waals surface area contributed by atoms with Gasteiger partial charge in [0.15, 0.2) is 5.78 Å². The lowest BCUT2D eigenvalue weighted by Crippen LogP contribution is -2.47. The first-order valence-corrected chi connectivity index (χ1v) is 14.3. The molecule has 0 unspecified atom stereocenters. The van der Waals surface area contributed by atoms with Crippen LogP contribution in [-0.2, 0) is 23.9 Å². The second-order valence-electron chi connectivity index (χ2n) is 10.3. The summed E-state index contributed by atoms with van der Waals surface area (Å²) in [4.78, 5) is 43.2. The van der Waals surface area contributed by atoms with Gasteiger partial charge in [-0.3, -0.25) is 14.5 Å². The highest BCUT2D eigenvalue weighted by Crippen LogP contribution is 2.52. The Morgan fingerprint density at radius 3 is 2.27 bits per heavy atom. The molecular formula is C34H32F2N2O6. The normalized spacial score (nSPS) is 19.9. The summed E-state index contributed by atoms with van der Waals surface area (Å²) in [6.07, 6.45) is -0.00614. The van der Waals surface area contributed by atoms with E-state index in [-0.39, 0.29) is 53.5 Å². The van der Waals surface area contributed by atoms with E-state index in [0.29, 0.717) is 11.3 Å². The summed E-state index contributed by atoms with van der Waals surface area (Å²) >= 11 is 0. The number of halogens is 2. The third-order valence-corrected chi connectivity index (χ3v) is 7.91. The maximum absolute atomic E-state index is 15.6. The van der Waals surface area contributed by atoms with E-state index < -0.39 is 47.1 Å². The molecule has 0 amide bonds. The van der Waals surface area contributed by atoms with Crippen molar-refractivity contribution >= 4 is 23.4 Å². The fourth-order valence-electron chi connectivity index (χ4n) is 6.05. The molecule has 0 bridgehead atoms. The van der Waals surface area contributed by atoms with Gasteiger partial charge in [-0.1, -0.05) is 42.5 Å². The van der Waals surface area contributed by atoms with E-state index in [0.717, 1.165) is 0 Å². The van der Waals surface area contributed by atoms with Gasteiger partial charge in [0.25, 0.3) is 0 Å². The summed E-state index contributed by atoms with van der Waals surface area (Å²) in [6, 6.07) is 18.4. The van der Waals surface area contributed by atoms with Crippen LogP contribution in [0.5, 0.6) is 5.75 Å². The van der Waals surface area contributed by atoms with Crippen LogP contribution in [0.2, 0.25) is 0 Å². The Bertz CT molecular complexity index is 1680. The summed E-state index contributed by atoms with van der Waals surface area (Å²) in [7, 11) is 1.50. The van der Waals surface area contributed by atoms with Crippen LogP contribution in [0.25, 0.3) is 0 Å². The van der Waals surface area contributed by atoms with Gasteiger partial charge in [-0.2, -0.15) is 0 Å². The maximum Gasteiger partial charge on any atom is 0.338 e. The maximum atomic E-state index is 15.6. The van der Waals surface area contributed by atoms with Gasteiger partial charge in [0.2, 0.25) is 0 Å². The van der Waals surface area contributed by atoms with Crippen molar-refractivity contribution in [3.8, 4) is 5.75 Å². The highest BCUT2D eigenvalue weighted by Gasteiger charge is 2.52. The smallest absolute Gasteiger partial charge is 0.338 e. The van der Waals surface area contributed by atoms with Crippen molar-refractivity contribution < 1.29 is 37.4 Å². The lowest BCUT2D eigenvalue weighted by Gasteiger charge is -2.44. The Hall–Kier alpha value is -4.99. The third-order valence-electron chi connectivity index (χ3n) is 7.91. The first-order valence-electron chi connectivity index (χ1n) is 14.3. The molecular weight excluding hydrogens is 570 g/mol. The third kappa shape index (κ3) is 5.32. The number of allylic oxidation sites excluding steroid dienone is 2. The van der Waals surface area contributed by atoms with E-state index in [9.17, 15) is 14.4 Å². The standard InChI is InChI=1S/C34H32F2N2O6/c1-4-43-33(40)28-22(19-11-10-12-20(17-19)42-3)18-26-29(31(28)39)27(21-13-6-7-14-23(21)35)30(34(41)44-5-2)32(37)38(26)25-16-9-8-15-24(25)36/h6-17,22,27-28H,4-5,18,37H2,1-3H3/t22-,27+,28+/m0/s1. The first-order chi connectivity index (χ1) is 21.2. The molecule has 228 valence electrons. The van der Waals surface area contributed by atoms with E-state index in [2.05, 4.69) is 0 Å². The van der Waals surface area contributed by atoms with Crippen LogP contribution < -0.4 is 15.4 Å². The van der Waals surface area contributed by atoms with Crippen molar-refractivity contribution in [2.75, 3.05) is 25.2 Å². The van der Waals surface area contributed by atoms with E-state index in [1.165, 1.54) is 48.4 Å². The van der Waals surface area contributed by atoms with Gasteiger partial charge >= 0.3 is 11.9 Å². The van der Waals surface area contributed by atoms with Crippen LogP contribution in [0.4, 0.5) is 14.5 Å². The largest absolute Gasteiger partial charge is 0.497 e. The SMILES string of the molecule is CCOC(=O)C1=C(N)N(c2ccccc2F)C2=C(C(=O)[C@H](C(=O)OCC)[C@H](c3cccc(OC)c3)C2)[C@H]1c1ccccc1F. The molecule has 1 aliphatic carbocycles. The van der Waals surface area contributed by atoms with Crippen molar-refractivity contribution in [2.24, 2.45) is 11.7 Å². The van der Waals surface area contributed by atoms with Gasteiger partial charge in [-0.05, 0) is 56.2 Å². The van der Waals surface area contributed by atoms with Crippen molar-refractivity contribution in [3.05, 3.63) is 118 Å². The number of para-hydroxylation sites is 1. The number of nitrogens with zero attached hydrogens (tertiary/aromatic N) is 1. The predicted octanol–water partition coefficient (Wildman–Crippen LogP) is 5.50. The highest BCUT2D eigenvalue weighted by molar-refractivity contribution is 6.14. The Morgan fingerprint density at radius 2 is 1.61 bits per heavy atom. The second kappa shape index (κ2) is 12.7. The summed E-state index contributed by atoms with van der Waals surface area (Å²) in [6.45, 7) is 3.19. The number of ketones is 1. The second-order valence-corrected chi connectivity index (χ2v) is 10.3. The zero-order chi connectivity index (χ0) is 31.5. The monoisotopic (exact) mass is 602 g/mol. The number of carbonyl (C=O) groups is 3. The van der Waals surface area contributed by atoms with Crippen LogP contribution in [-0.4, -0.2) is 38.0 Å². The first kappa shape index (κ1) is 30.5. The molecule has 2 aliphatic rings. The predicted molar refractivity (Wildman–Crippen MR) is 158 cm³/mol. The number of benzene rings is 3. The summed E-state index contributed by atoms with van der Waals surface area (Å²) in [5, 5.41) is 0. The van der Waals surface area contributed by atoms with E-state index in [4.69, 9.17) is 19.9 Å². The van der Waals surface area contributed by atoms with Crippen LogP contribution in [0, 0.1) is 17.6 Å². The van der Waals surface area contributed by atoms with Crippen LogP contribution in [0.1, 0.15) is 43.2 Å². The molecule has 3 aromatic rings. The number of hydrogen-bond donors (Lipinski definition) is 1. The molecule has 1 aliphatic heterocycles. The fraction of sp³-hybridized carbons (Fsp3) is 0.265. The number of carbonyl (C=O) groups excluding carboxylic acids is 3. The van der Waals surface area contributed by atoms with Crippen molar-refractivity contribution in [3.63, 3.8) is 0 Å². The van der Waals surface area contributed by atoms with Crippen molar-refractivity contribution in [1.29, 1.82) is 0 Å². The minimum absolute atomic E-state index is 0.00614. The molecule has 0 radical (unpaired) electrons. The molecule has 44 heavy (non-hydrogen) atoms. The zero-order valence-electron chi connectivity index (χ0n) is 24.5. The summed E-state index contributed by atoms with van der Waals surface area (Å²) in [5.41, 5.74) is 7.19. The molecule has 5 rings (SSSR count). The van der Waals surface area contributed by atoms with Gasteiger partial charge in [0.05, 0.1) is 37.5 Å². The Kier molecular flexibility index (Phi) is 8.80. The van der Waals surface area contributed by atoms with Crippen LogP contribution in [0.3, 0.4) is 0 Å². The van der Waals surface area contributed by atoms with Gasteiger partial charge < -0.3 is 19.9 Å². The minimum Gasteiger partial charge on any atom is -0.497 e. The number of nitrogens with two attached hydrogens (primary N) is 1. The number of Topliss-reactive ketones (excluding diaryl/α,β-unsaturated/α-hetero) is 1. The molecule has 0 saturated heterocycles. The molecule has 3 aromatic carbocycles. The van der Waals surface area contributed by atoms with Crippen LogP contribution >= 0.6 is 0 Å². The molecule has 2 N–H and O–H groups in total. The number of esters is 2. The molecule has 10 heteroatoms. The number of methoxy groups -OCH3 is 1.